The van der Waals surface area contributed by atoms with Crippen LogP contribution < -0.4 is 16.7 Å². The lowest BCUT2D eigenvalue weighted by molar-refractivity contribution is -0.126. The van der Waals surface area contributed by atoms with E-state index in [4.69, 9.17) is 10.5 Å². The molecule has 118 valence electrons. The minimum atomic E-state index is -0.455. The summed E-state index contributed by atoms with van der Waals surface area (Å²) in [7, 11) is 3.43. The maximum atomic E-state index is 12.2. The number of rotatable bonds is 3. The minimum absolute atomic E-state index is 0.0341. The first kappa shape index (κ1) is 14.8. The third-order valence-electron chi connectivity index (χ3n) is 4.20. The van der Waals surface area contributed by atoms with E-state index in [0.29, 0.717) is 18.7 Å². The summed E-state index contributed by atoms with van der Waals surface area (Å²) in [6.07, 6.45) is 0.998. The predicted molar refractivity (Wildman–Crippen MR) is 83.7 cm³/mol. The van der Waals surface area contributed by atoms with Crippen LogP contribution in [-0.2, 0) is 23.6 Å². The Hall–Kier alpha value is -2.12. The van der Waals surface area contributed by atoms with Crippen molar-refractivity contribution >= 4 is 22.6 Å². The second kappa shape index (κ2) is 5.58. The van der Waals surface area contributed by atoms with Crippen molar-refractivity contribution < 1.29 is 9.53 Å². The van der Waals surface area contributed by atoms with Crippen molar-refractivity contribution in [2.24, 2.45) is 19.8 Å². The number of aryl methyl sites for hydroxylation is 2. The standard InChI is InChI=1S/C15H20N4O3/c1-18-11-5-3-9(7-12(11)19(2)15(18)21)17-14(20)13-6-4-10(8-16)22-13/h3,5,7,10,13H,4,6,8,16H2,1-2H3,(H,17,20)/t10-,13+/m1/s1. The summed E-state index contributed by atoms with van der Waals surface area (Å²) < 4.78 is 8.72. The molecule has 0 aliphatic carbocycles. The minimum Gasteiger partial charge on any atom is -0.364 e. The number of nitrogens with one attached hydrogen (secondary N) is 1. The molecule has 22 heavy (non-hydrogen) atoms. The summed E-state index contributed by atoms with van der Waals surface area (Å²) in [6, 6.07) is 5.41. The Morgan fingerprint density at radius 3 is 2.73 bits per heavy atom. The molecule has 2 heterocycles. The van der Waals surface area contributed by atoms with E-state index < -0.39 is 6.10 Å². The predicted octanol–water partition coefficient (Wildman–Crippen LogP) is 0.322. The van der Waals surface area contributed by atoms with Gasteiger partial charge < -0.3 is 15.8 Å². The molecule has 0 saturated carbocycles. The highest BCUT2D eigenvalue weighted by Crippen LogP contribution is 2.22. The van der Waals surface area contributed by atoms with E-state index >= 15 is 0 Å². The van der Waals surface area contributed by atoms with E-state index in [1.807, 2.05) is 6.07 Å². The number of amides is 1. The molecular weight excluding hydrogens is 284 g/mol. The monoisotopic (exact) mass is 304 g/mol. The van der Waals surface area contributed by atoms with Crippen LogP contribution in [0, 0.1) is 0 Å². The highest BCUT2D eigenvalue weighted by atomic mass is 16.5. The molecule has 3 rings (SSSR count). The van der Waals surface area contributed by atoms with Crippen molar-refractivity contribution in [3.8, 4) is 0 Å². The van der Waals surface area contributed by atoms with Crippen molar-refractivity contribution in [2.45, 2.75) is 25.0 Å². The first-order chi connectivity index (χ1) is 10.5. The van der Waals surface area contributed by atoms with Crippen LogP contribution in [0.15, 0.2) is 23.0 Å². The average Bonchev–Trinajstić information content (AvgIpc) is 3.08. The van der Waals surface area contributed by atoms with Crippen molar-refractivity contribution in [1.82, 2.24) is 9.13 Å². The molecular formula is C15H20N4O3. The second-order valence-corrected chi connectivity index (χ2v) is 5.65. The van der Waals surface area contributed by atoms with Gasteiger partial charge in [-0.2, -0.15) is 0 Å². The van der Waals surface area contributed by atoms with E-state index in [-0.39, 0.29) is 17.7 Å². The Bertz CT molecular complexity index is 777. The number of nitrogens with zero attached hydrogens (tertiary/aromatic N) is 2. The van der Waals surface area contributed by atoms with E-state index in [1.165, 1.54) is 0 Å². The number of fused-ring (bicyclic) bond motifs is 1. The van der Waals surface area contributed by atoms with Gasteiger partial charge in [0.2, 0.25) is 0 Å². The van der Waals surface area contributed by atoms with Gasteiger partial charge in [-0.05, 0) is 31.0 Å². The number of imidazole rings is 1. The zero-order valence-corrected chi connectivity index (χ0v) is 12.7. The summed E-state index contributed by atoms with van der Waals surface area (Å²) in [6.45, 7) is 0.432. The van der Waals surface area contributed by atoms with Crippen LogP contribution in [-0.4, -0.2) is 33.8 Å². The lowest BCUT2D eigenvalue weighted by Crippen LogP contribution is -2.29. The van der Waals surface area contributed by atoms with Gasteiger partial charge in [-0.15, -0.1) is 0 Å². The number of anilines is 1. The third kappa shape index (κ3) is 2.42. The Labute approximate surface area is 127 Å². The van der Waals surface area contributed by atoms with Crippen LogP contribution in [0.5, 0.6) is 0 Å². The average molecular weight is 304 g/mol. The number of aromatic nitrogens is 2. The summed E-state index contributed by atoms with van der Waals surface area (Å²) in [5, 5.41) is 2.85. The van der Waals surface area contributed by atoms with Crippen molar-refractivity contribution in [1.29, 1.82) is 0 Å². The van der Waals surface area contributed by atoms with Gasteiger partial charge in [-0.25, -0.2) is 4.79 Å². The van der Waals surface area contributed by atoms with Crippen LogP contribution in [0.4, 0.5) is 5.69 Å². The Morgan fingerprint density at radius 1 is 1.32 bits per heavy atom. The second-order valence-electron chi connectivity index (χ2n) is 5.65. The summed E-state index contributed by atoms with van der Waals surface area (Å²) in [4.78, 5) is 24.1. The zero-order valence-electron chi connectivity index (χ0n) is 12.7. The smallest absolute Gasteiger partial charge is 0.328 e. The van der Waals surface area contributed by atoms with E-state index in [2.05, 4.69) is 5.32 Å². The Kier molecular flexibility index (Phi) is 3.76. The van der Waals surface area contributed by atoms with E-state index in [9.17, 15) is 9.59 Å². The van der Waals surface area contributed by atoms with Crippen LogP contribution in [0.25, 0.3) is 11.0 Å². The van der Waals surface area contributed by atoms with E-state index in [1.54, 1.807) is 35.4 Å². The number of nitrogens with two attached hydrogens (primary N) is 1. The van der Waals surface area contributed by atoms with Crippen LogP contribution in [0.2, 0.25) is 0 Å². The fraction of sp³-hybridized carbons (Fsp3) is 0.467. The van der Waals surface area contributed by atoms with Crippen LogP contribution >= 0.6 is 0 Å². The zero-order chi connectivity index (χ0) is 15.9. The highest BCUT2D eigenvalue weighted by molar-refractivity contribution is 5.96. The molecule has 7 heteroatoms. The molecule has 3 N–H and O–H groups in total. The molecule has 1 aliphatic heterocycles. The van der Waals surface area contributed by atoms with Gasteiger partial charge in [0, 0.05) is 26.3 Å². The molecule has 2 aromatic rings. The Morgan fingerprint density at radius 2 is 2.05 bits per heavy atom. The molecule has 1 amide bonds. The molecule has 0 unspecified atom stereocenters. The number of hydrogen-bond donors (Lipinski definition) is 2. The maximum Gasteiger partial charge on any atom is 0.328 e. The first-order valence-corrected chi connectivity index (χ1v) is 7.33. The van der Waals surface area contributed by atoms with Gasteiger partial charge in [0.1, 0.15) is 6.10 Å². The van der Waals surface area contributed by atoms with E-state index in [0.717, 1.165) is 17.5 Å². The first-order valence-electron chi connectivity index (χ1n) is 7.33. The lowest BCUT2D eigenvalue weighted by atomic mass is 10.2. The van der Waals surface area contributed by atoms with Gasteiger partial charge >= 0.3 is 5.69 Å². The molecule has 7 nitrogen and oxygen atoms in total. The van der Waals surface area contributed by atoms with Crippen molar-refractivity contribution in [3.05, 3.63) is 28.7 Å². The number of carbonyl (C=O) groups excluding carboxylic acids is 1. The topological polar surface area (TPSA) is 91.3 Å². The van der Waals surface area contributed by atoms with Gasteiger partial charge in [0.05, 0.1) is 17.1 Å². The van der Waals surface area contributed by atoms with Crippen LogP contribution in [0.3, 0.4) is 0 Å². The molecule has 1 aliphatic rings. The molecule has 0 spiro atoms. The number of hydrogen-bond acceptors (Lipinski definition) is 4. The third-order valence-corrected chi connectivity index (χ3v) is 4.20. The van der Waals surface area contributed by atoms with Gasteiger partial charge in [0.25, 0.3) is 5.91 Å². The van der Waals surface area contributed by atoms with Crippen molar-refractivity contribution in [2.75, 3.05) is 11.9 Å². The number of benzene rings is 1. The summed E-state index contributed by atoms with van der Waals surface area (Å²) in [5.74, 6) is -0.170. The molecule has 0 radical (unpaired) electrons. The molecule has 1 aromatic carbocycles. The molecule has 0 bridgehead atoms. The molecule has 1 aromatic heterocycles. The summed E-state index contributed by atoms with van der Waals surface area (Å²) >= 11 is 0. The maximum absolute atomic E-state index is 12.2. The molecule has 2 atom stereocenters. The molecule has 1 fully saturated rings. The fourth-order valence-electron chi connectivity index (χ4n) is 2.88. The summed E-state index contributed by atoms with van der Waals surface area (Å²) in [5.41, 5.74) is 7.71. The number of carbonyl (C=O) groups is 1. The molecule has 1 saturated heterocycles. The van der Waals surface area contributed by atoms with Gasteiger partial charge in [-0.1, -0.05) is 0 Å². The quantitative estimate of drug-likeness (QED) is 0.854. The highest BCUT2D eigenvalue weighted by Gasteiger charge is 2.29. The van der Waals surface area contributed by atoms with Gasteiger partial charge in [-0.3, -0.25) is 13.9 Å². The lowest BCUT2D eigenvalue weighted by Gasteiger charge is -2.13. The van der Waals surface area contributed by atoms with Crippen LogP contribution in [0.1, 0.15) is 12.8 Å². The normalized spacial score (nSPS) is 21.4. The van der Waals surface area contributed by atoms with Crippen molar-refractivity contribution in [3.63, 3.8) is 0 Å². The Balaban J connectivity index is 1.81. The largest absolute Gasteiger partial charge is 0.364 e. The van der Waals surface area contributed by atoms with Gasteiger partial charge in [0.15, 0.2) is 0 Å². The fourth-order valence-corrected chi connectivity index (χ4v) is 2.88. The number of ether oxygens (including phenoxy) is 1. The SMILES string of the molecule is Cn1c(=O)n(C)c2cc(NC(=O)[C@@H]3CC[C@H](CN)O3)ccc21.